The van der Waals surface area contributed by atoms with Crippen LogP contribution in [0.1, 0.15) is 12.1 Å². The number of hydrogen-bond acceptors (Lipinski definition) is 3. The molecule has 0 aromatic carbocycles. The van der Waals surface area contributed by atoms with Crippen LogP contribution in [0.5, 0.6) is 0 Å². The van der Waals surface area contributed by atoms with E-state index < -0.39 is 0 Å². The molecule has 1 aromatic heterocycles. The summed E-state index contributed by atoms with van der Waals surface area (Å²) in [7, 11) is 0. The Kier molecular flexibility index (Phi) is 2.50. The molecule has 1 N–H and O–H groups in total. The average Bonchev–Trinajstić information content (AvgIpc) is 2.83. The van der Waals surface area contributed by atoms with Crippen LogP contribution >= 0.6 is 15.9 Å². The second kappa shape index (κ2) is 3.85. The number of nitrogens with one attached hydrogen (secondary N) is 1. The van der Waals surface area contributed by atoms with Crippen LogP contribution in [0.25, 0.3) is 0 Å². The van der Waals surface area contributed by atoms with Gasteiger partial charge in [-0.1, -0.05) is 0 Å². The Hall–Kier alpha value is -0.450. The Bertz CT molecular complexity index is 351. The van der Waals surface area contributed by atoms with Gasteiger partial charge in [-0.15, -0.1) is 0 Å². The Morgan fingerprint density at radius 2 is 2.47 bits per heavy atom. The van der Waals surface area contributed by atoms with Gasteiger partial charge in [0.05, 0.1) is 5.69 Å². The van der Waals surface area contributed by atoms with Gasteiger partial charge in [-0.2, -0.15) is 0 Å². The molecule has 2 bridgehead atoms. The summed E-state index contributed by atoms with van der Waals surface area (Å²) in [5.41, 5.74) is 1.17. The molecular formula is C11H14BrN3. The van der Waals surface area contributed by atoms with E-state index in [1.807, 2.05) is 6.20 Å². The zero-order valence-electron chi connectivity index (χ0n) is 8.49. The van der Waals surface area contributed by atoms with Gasteiger partial charge in [0.15, 0.2) is 0 Å². The van der Waals surface area contributed by atoms with E-state index in [1.54, 1.807) is 0 Å². The van der Waals surface area contributed by atoms with Crippen LogP contribution in [-0.2, 0) is 6.54 Å². The van der Waals surface area contributed by atoms with Crippen molar-refractivity contribution < 1.29 is 0 Å². The second-order valence-electron chi connectivity index (χ2n) is 4.39. The molecule has 4 heteroatoms. The van der Waals surface area contributed by atoms with E-state index in [0.717, 1.165) is 29.6 Å². The van der Waals surface area contributed by atoms with E-state index in [9.17, 15) is 0 Å². The molecule has 2 saturated heterocycles. The highest BCUT2D eigenvalue weighted by molar-refractivity contribution is 9.10. The van der Waals surface area contributed by atoms with Crippen LogP contribution in [0.2, 0.25) is 0 Å². The third-order valence-electron chi connectivity index (χ3n) is 3.32. The fourth-order valence-electron chi connectivity index (χ4n) is 2.55. The molecular weight excluding hydrogens is 254 g/mol. The fourth-order valence-corrected chi connectivity index (χ4v) is 2.78. The number of nitrogens with zero attached hydrogens (tertiary/aromatic N) is 2. The molecule has 80 valence electrons. The first-order valence-corrected chi connectivity index (χ1v) is 6.18. The first kappa shape index (κ1) is 9.75. The quantitative estimate of drug-likeness (QED) is 0.878. The number of likely N-dealkylation sites (tertiary alicyclic amines) is 1. The summed E-state index contributed by atoms with van der Waals surface area (Å²) in [4.78, 5) is 6.96. The number of rotatable bonds is 2. The molecule has 1 aromatic rings. The lowest BCUT2D eigenvalue weighted by Gasteiger charge is -2.26. The van der Waals surface area contributed by atoms with E-state index in [4.69, 9.17) is 0 Å². The van der Waals surface area contributed by atoms with Crippen molar-refractivity contribution in [2.75, 3.05) is 13.1 Å². The highest BCUT2D eigenvalue weighted by Gasteiger charge is 2.37. The smallest absolute Gasteiger partial charge is 0.0544 e. The summed E-state index contributed by atoms with van der Waals surface area (Å²) in [5.74, 6) is 0. The lowest BCUT2D eigenvalue weighted by molar-refractivity contribution is 0.215. The van der Waals surface area contributed by atoms with E-state index >= 15 is 0 Å². The minimum atomic E-state index is 0.727. The monoisotopic (exact) mass is 267 g/mol. The van der Waals surface area contributed by atoms with Gasteiger partial charge in [0.1, 0.15) is 0 Å². The third-order valence-corrected chi connectivity index (χ3v) is 3.79. The van der Waals surface area contributed by atoms with E-state index in [0.29, 0.717) is 0 Å². The topological polar surface area (TPSA) is 28.2 Å². The molecule has 0 spiro atoms. The third kappa shape index (κ3) is 1.94. The SMILES string of the molecule is Brc1ccc(CN2CC3CC2CN3)nc1. The van der Waals surface area contributed by atoms with Gasteiger partial charge < -0.3 is 5.32 Å². The largest absolute Gasteiger partial charge is 0.311 e. The van der Waals surface area contributed by atoms with E-state index in [-0.39, 0.29) is 0 Å². The normalized spacial score (nSPS) is 29.9. The van der Waals surface area contributed by atoms with Crippen molar-refractivity contribution in [3.63, 3.8) is 0 Å². The van der Waals surface area contributed by atoms with Crippen LogP contribution in [0.15, 0.2) is 22.8 Å². The molecule has 0 aliphatic carbocycles. The molecule has 15 heavy (non-hydrogen) atoms. The first-order chi connectivity index (χ1) is 7.31. The Morgan fingerprint density at radius 3 is 3.07 bits per heavy atom. The molecule has 0 amide bonds. The maximum absolute atomic E-state index is 4.42. The van der Waals surface area contributed by atoms with Crippen molar-refractivity contribution in [1.82, 2.24) is 15.2 Å². The Balaban J connectivity index is 1.68. The summed E-state index contributed by atoms with van der Waals surface area (Å²) in [6.45, 7) is 3.33. The van der Waals surface area contributed by atoms with Gasteiger partial charge >= 0.3 is 0 Å². The number of halogens is 1. The summed E-state index contributed by atoms with van der Waals surface area (Å²) >= 11 is 3.40. The number of fused-ring (bicyclic) bond motifs is 2. The van der Waals surface area contributed by atoms with Crippen molar-refractivity contribution in [2.45, 2.75) is 25.0 Å². The highest BCUT2D eigenvalue weighted by Crippen LogP contribution is 2.24. The molecule has 2 fully saturated rings. The zero-order valence-corrected chi connectivity index (χ0v) is 10.1. The van der Waals surface area contributed by atoms with Crippen LogP contribution in [0.3, 0.4) is 0 Å². The summed E-state index contributed by atoms with van der Waals surface area (Å²) in [5, 5.41) is 3.51. The Labute approximate surface area is 98.0 Å². The molecule has 2 atom stereocenters. The van der Waals surface area contributed by atoms with Crippen molar-refractivity contribution >= 4 is 15.9 Å². The van der Waals surface area contributed by atoms with E-state index in [2.05, 4.69) is 43.3 Å². The van der Waals surface area contributed by atoms with Crippen LogP contribution in [0, 0.1) is 0 Å². The lowest BCUT2D eigenvalue weighted by atomic mass is 10.2. The zero-order chi connectivity index (χ0) is 10.3. The van der Waals surface area contributed by atoms with Crippen LogP contribution in [-0.4, -0.2) is 35.1 Å². The number of piperazine rings is 1. The summed E-state index contributed by atoms with van der Waals surface area (Å²) in [6, 6.07) is 5.63. The number of pyridine rings is 1. The predicted molar refractivity (Wildman–Crippen MR) is 62.5 cm³/mol. The van der Waals surface area contributed by atoms with Crippen molar-refractivity contribution in [3.8, 4) is 0 Å². The number of aromatic nitrogens is 1. The standard InChI is InChI=1S/C11H14BrN3/c12-8-1-2-9(13-4-8)6-15-7-10-3-11(15)5-14-10/h1-2,4,10-11,14H,3,5-7H2. The highest BCUT2D eigenvalue weighted by atomic mass is 79.9. The van der Waals surface area contributed by atoms with Gasteiger partial charge in [-0.3, -0.25) is 9.88 Å². The Morgan fingerprint density at radius 1 is 1.53 bits per heavy atom. The molecule has 3 rings (SSSR count). The molecule has 2 unspecified atom stereocenters. The minimum absolute atomic E-state index is 0.727. The summed E-state index contributed by atoms with van der Waals surface area (Å²) < 4.78 is 1.05. The molecule has 3 nitrogen and oxygen atoms in total. The predicted octanol–water partition coefficient (Wildman–Crippen LogP) is 1.39. The maximum atomic E-state index is 4.42. The average molecular weight is 268 g/mol. The maximum Gasteiger partial charge on any atom is 0.0544 e. The molecule has 2 aliphatic rings. The van der Waals surface area contributed by atoms with Gasteiger partial charge in [-0.05, 0) is 34.5 Å². The molecule has 0 radical (unpaired) electrons. The fraction of sp³-hybridized carbons (Fsp3) is 0.545. The van der Waals surface area contributed by atoms with Crippen molar-refractivity contribution in [3.05, 3.63) is 28.5 Å². The molecule has 0 saturated carbocycles. The minimum Gasteiger partial charge on any atom is -0.311 e. The molecule has 3 heterocycles. The van der Waals surface area contributed by atoms with Crippen LogP contribution < -0.4 is 5.32 Å². The first-order valence-electron chi connectivity index (χ1n) is 5.39. The van der Waals surface area contributed by atoms with Gasteiger partial charge in [0.2, 0.25) is 0 Å². The van der Waals surface area contributed by atoms with E-state index in [1.165, 1.54) is 18.7 Å². The van der Waals surface area contributed by atoms with Crippen molar-refractivity contribution in [1.29, 1.82) is 0 Å². The lowest BCUT2D eigenvalue weighted by Crippen LogP contribution is -2.43. The summed E-state index contributed by atoms with van der Waals surface area (Å²) in [6.07, 6.45) is 3.19. The van der Waals surface area contributed by atoms with Crippen LogP contribution in [0.4, 0.5) is 0 Å². The number of hydrogen-bond donors (Lipinski definition) is 1. The van der Waals surface area contributed by atoms with Gasteiger partial charge in [0, 0.05) is 42.4 Å². The molecule has 2 aliphatic heterocycles. The van der Waals surface area contributed by atoms with Gasteiger partial charge in [-0.25, -0.2) is 0 Å². The van der Waals surface area contributed by atoms with Crippen molar-refractivity contribution in [2.24, 2.45) is 0 Å². The second-order valence-corrected chi connectivity index (χ2v) is 5.31. The van der Waals surface area contributed by atoms with Gasteiger partial charge in [0.25, 0.3) is 0 Å².